The fourth-order valence-electron chi connectivity index (χ4n) is 1.57. The molecule has 0 saturated carbocycles. The Morgan fingerprint density at radius 3 is 2.81 bits per heavy atom. The van der Waals surface area contributed by atoms with Gasteiger partial charge in [-0.05, 0) is 6.07 Å². The molecule has 2 aromatic rings. The van der Waals surface area contributed by atoms with Crippen LogP contribution in [0.3, 0.4) is 0 Å². The first-order chi connectivity index (χ1) is 10.0. The molecule has 0 spiro atoms. The van der Waals surface area contributed by atoms with Gasteiger partial charge in [0.2, 0.25) is 11.9 Å². The minimum atomic E-state index is -0.515. The van der Waals surface area contributed by atoms with Crippen LogP contribution in [0.4, 0.5) is 23.3 Å². The highest BCUT2D eigenvalue weighted by Gasteiger charge is 2.13. The van der Waals surface area contributed by atoms with Crippen LogP contribution in [0.5, 0.6) is 5.75 Å². The number of aromatic nitrogens is 3. The SMILES string of the molecule is COc1cc([N+](=O)[O-])ccc1Nc1nc(N)nc(CCl)n1. The number of nitrogens with two attached hydrogens (primary N) is 1. The van der Waals surface area contributed by atoms with Crippen LogP contribution < -0.4 is 15.8 Å². The number of nitrogen functional groups attached to an aromatic ring is 1. The summed E-state index contributed by atoms with van der Waals surface area (Å²) in [5, 5.41) is 13.6. The molecule has 0 unspecified atom stereocenters. The van der Waals surface area contributed by atoms with E-state index >= 15 is 0 Å². The molecule has 1 aromatic heterocycles. The molecule has 0 bridgehead atoms. The second-order valence-electron chi connectivity index (χ2n) is 3.83. The van der Waals surface area contributed by atoms with Crippen LogP contribution in [0.1, 0.15) is 5.82 Å². The minimum absolute atomic E-state index is 0.0176. The molecule has 0 atom stereocenters. The largest absolute Gasteiger partial charge is 0.494 e. The van der Waals surface area contributed by atoms with Gasteiger partial charge in [-0.2, -0.15) is 15.0 Å². The Labute approximate surface area is 124 Å². The molecule has 0 fully saturated rings. The highest BCUT2D eigenvalue weighted by Crippen LogP contribution is 2.30. The monoisotopic (exact) mass is 310 g/mol. The van der Waals surface area contributed by atoms with E-state index < -0.39 is 4.92 Å². The van der Waals surface area contributed by atoms with E-state index in [2.05, 4.69) is 20.3 Å². The van der Waals surface area contributed by atoms with Crippen molar-refractivity contribution >= 4 is 34.9 Å². The zero-order chi connectivity index (χ0) is 15.4. The van der Waals surface area contributed by atoms with Gasteiger partial charge < -0.3 is 15.8 Å². The lowest BCUT2D eigenvalue weighted by molar-refractivity contribution is -0.384. The zero-order valence-electron chi connectivity index (χ0n) is 10.9. The number of halogens is 1. The normalized spacial score (nSPS) is 10.2. The number of nitro benzene ring substituents is 1. The van der Waals surface area contributed by atoms with Gasteiger partial charge in [-0.15, -0.1) is 11.6 Å². The molecule has 3 N–H and O–H groups in total. The second-order valence-corrected chi connectivity index (χ2v) is 4.10. The van der Waals surface area contributed by atoms with Crippen molar-refractivity contribution in [3.05, 3.63) is 34.1 Å². The Kier molecular flexibility index (Phi) is 4.33. The highest BCUT2D eigenvalue weighted by molar-refractivity contribution is 6.16. The lowest BCUT2D eigenvalue weighted by Gasteiger charge is -2.10. The summed E-state index contributed by atoms with van der Waals surface area (Å²) >= 11 is 5.65. The van der Waals surface area contributed by atoms with Crippen LogP contribution >= 0.6 is 11.6 Å². The maximum Gasteiger partial charge on any atom is 0.273 e. The molecule has 110 valence electrons. The van der Waals surface area contributed by atoms with Gasteiger partial charge in [0.25, 0.3) is 5.69 Å². The summed E-state index contributed by atoms with van der Waals surface area (Å²) in [6.45, 7) is 0. The number of alkyl halides is 1. The van der Waals surface area contributed by atoms with Crippen molar-refractivity contribution in [3.8, 4) is 5.75 Å². The summed E-state index contributed by atoms with van der Waals surface area (Å²) in [5.41, 5.74) is 5.91. The summed E-state index contributed by atoms with van der Waals surface area (Å²) in [4.78, 5) is 22.0. The summed E-state index contributed by atoms with van der Waals surface area (Å²) in [5.74, 6) is 0.858. The first-order valence-electron chi connectivity index (χ1n) is 5.69. The van der Waals surface area contributed by atoms with E-state index in [1.165, 1.54) is 25.3 Å². The predicted octanol–water partition coefficient (Wildman–Crippen LogP) is 1.85. The number of benzene rings is 1. The smallest absolute Gasteiger partial charge is 0.273 e. The molecule has 0 amide bonds. The molecule has 0 saturated heterocycles. The lowest BCUT2D eigenvalue weighted by Crippen LogP contribution is -2.06. The van der Waals surface area contributed by atoms with Crippen LogP contribution in [0, 0.1) is 10.1 Å². The van der Waals surface area contributed by atoms with Crippen molar-refractivity contribution in [2.24, 2.45) is 0 Å². The number of nitrogens with one attached hydrogen (secondary N) is 1. The topological polar surface area (TPSA) is 129 Å². The number of non-ortho nitro benzene ring substituents is 1. The van der Waals surface area contributed by atoms with Gasteiger partial charge in [-0.25, -0.2) is 0 Å². The molecule has 0 aliphatic heterocycles. The Hall–Kier alpha value is -2.68. The second kappa shape index (κ2) is 6.18. The zero-order valence-corrected chi connectivity index (χ0v) is 11.7. The van der Waals surface area contributed by atoms with Gasteiger partial charge in [-0.3, -0.25) is 10.1 Å². The number of nitro groups is 1. The molecule has 0 radical (unpaired) electrons. The van der Waals surface area contributed by atoms with E-state index in [9.17, 15) is 10.1 Å². The molecule has 0 aliphatic rings. The molecule has 10 heteroatoms. The van der Waals surface area contributed by atoms with Crippen LogP contribution in [0.15, 0.2) is 18.2 Å². The Morgan fingerprint density at radius 1 is 1.43 bits per heavy atom. The number of ether oxygens (including phenoxy) is 1. The average molecular weight is 311 g/mol. The third kappa shape index (κ3) is 3.45. The van der Waals surface area contributed by atoms with Crippen molar-refractivity contribution in [2.75, 3.05) is 18.2 Å². The van der Waals surface area contributed by atoms with E-state index in [4.69, 9.17) is 22.1 Å². The Morgan fingerprint density at radius 2 is 2.19 bits per heavy atom. The predicted molar refractivity (Wildman–Crippen MR) is 76.7 cm³/mol. The fraction of sp³-hybridized carbons (Fsp3) is 0.182. The summed E-state index contributed by atoms with van der Waals surface area (Å²) in [6.07, 6.45) is 0. The molecule has 1 aromatic carbocycles. The molecule has 0 aliphatic carbocycles. The lowest BCUT2D eigenvalue weighted by atomic mass is 10.2. The summed E-state index contributed by atoms with van der Waals surface area (Å²) < 4.78 is 5.10. The maximum atomic E-state index is 10.7. The fourth-order valence-corrected chi connectivity index (χ4v) is 1.69. The third-order valence-corrected chi connectivity index (χ3v) is 2.70. The van der Waals surface area contributed by atoms with Gasteiger partial charge in [0, 0.05) is 6.07 Å². The number of hydrogen-bond donors (Lipinski definition) is 2. The quantitative estimate of drug-likeness (QED) is 0.486. The number of methoxy groups -OCH3 is 1. The number of nitrogens with zero attached hydrogens (tertiary/aromatic N) is 4. The van der Waals surface area contributed by atoms with E-state index in [1.807, 2.05) is 0 Å². The molecule has 1 heterocycles. The first-order valence-corrected chi connectivity index (χ1v) is 6.22. The van der Waals surface area contributed by atoms with Gasteiger partial charge in [0.05, 0.1) is 29.7 Å². The van der Waals surface area contributed by atoms with E-state index in [1.54, 1.807) is 0 Å². The molecule has 2 rings (SSSR count). The van der Waals surface area contributed by atoms with Crippen molar-refractivity contribution in [1.82, 2.24) is 15.0 Å². The van der Waals surface area contributed by atoms with E-state index in [0.717, 1.165) is 0 Å². The molecule has 21 heavy (non-hydrogen) atoms. The van der Waals surface area contributed by atoms with Gasteiger partial charge in [0.15, 0.2) is 5.82 Å². The van der Waals surface area contributed by atoms with E-state index in [-0.39, 0.29) is 29.2 Å². The molecular weight excluding hydrogens is 300 g/mol. The van der Waals surface area contributed by atoms with E-state index in [0.29, 0.717) is 11.5 Å². The molecular formula is C11H11ClN6O3. The van der Waals surface area contributed by atoms with Crippen molar-refractivity contribution in [1.29, 1.82) is 0 Å². The molecule has 9 nitrogen and oxygen atoms in total. The van der Waals surface area contributed by atoms with Gasteiger partial charge >= 0.3 is 0 Å². The van der Waals surface area contributed by atoms with Gasteiger partial charge in [0.1, 0.15) is 5.75 Å². The third-order valence-electron chi connectivity index (χ3n) is 2.46. The first kappa shape index (κ1) is 14.7. The Balaban J connectivity index is 2.35. The summed E-state index contributed by atoms with van der Waals surface area (Å²) in [6, 6.07) is 4.10. The van der Waals surface area contributed by atoms with Gasteiger partial charge in [-0.1, -0.05) is 0 Å². The van der Waals surface area contributed by atoms with Crippen LogP contribution in [0.25, 0.3) is 0 Å². The van der Waals surface area contributed by atoms with Crippen molar-refractivity contribution < 1.29 is 9.66 Å². The van der Waals surface area contributed by atoms with Crippen molar-refractivity contribution in [3.63, 3.8) is 0 Å². The van der Waals surface area contributed by atoms with Crippen LogP contribution in [-0.4, -0.2) is 27.0 Å². The van der Waals surface area contributed by atoms with Crippen molar-refractivity contribution in [2.45, 2.75) is 5.88 Å². The number of hydrogen-bond acceptors (Lipinski definition) is 8. The standard InChI is InChI=1S/C11H11ClN6O3/c1-21-8-4-6(18(19)20)2-3-7(8)14-11-16-9(5-12)15-10(13)17-11/h2-4H,5H2,1H3,(H3,13,14,15,16,17). The number of rotatable bonds is 5. The number of anilines is 3. The minimum Gasteiger partial charge on any atom is -0.494 e. The van der Waals surface area contributed by atoms with Crippen LogP contribution in [0.2, 0.25) is 0 Å². The highest BCUT2D eigenvalue weighted by atomic mass is 35.5. The maximum absolute atomic E-state index is 10.7. The average Bonchev–Trinajstić information content (AvgIpc) is 2.46. The Bertz CT molecular complexity index is 681. The van der Waals surface area contributed by atoms with Crippen LogP contribution in [-0.2, 0) is 5.88 Å². The summed E-state index contributed by atoms with van der Waals surface area (Å²) in [7, 11) is 1.40.